The van der Waals surface area contributed by atoms with Crippen LogP contribution in [-0.4, -0.2) is 21.7 Å². The monoisotopic (exact) mass is 453 g/mol. The van der Waals surface area contributed by atoms with Gasteiger partial charge < -0.3 is 4.90 Å². The Morgan fingerprint density at radius 3 is 2.52 bits per heavy atom. The summed E-state index contributed by atoms with van der Waals surface area (Å²) in [6, 6.07) is 23.2. The zero-order valence-electron chi connectivity index (χ0n) is 18.4. The molecule has 6 heteroatoms. The van der Waals surface area contributed by atoms with Crippen LogP contribution in [0.25, 0.3) is 16.3 Å². The van der Waals surface area contributed by atoms with Gasteiger partial charge in [0.25, 0.3) is 0 Å². The molecule has 0 bridgehead atoms. The molecule has 33 heavy (non-hydrogen) atoms. The van der Waals surface area contributed by atoms with Crippen LogP contribution >= 0.6 is 11.3 Å². The van der Waals surface area contributed by atoms with E-state index in [-0.39, 0.29) is 24.3 Å². The molecule has 0 radical (unpaired) electrons. The highest BCUT2D eigenvalue weighted by atomic mass is 32.1. The number of anilines is 2. The molecule has 1 aliphatic heterocycles. The topological polar surface area (TPSA) is 53.5 Å². The molecular formula is C27H23N3O2S. The van der Waals surface area contributed by atoms with Gasteiger partial charge in [-0.2, -0.15) is 0 Å². The molecule has 3 aromatic carbocycles. The first kappa shape index (κ1) is 21.1. The molecule has 2 amide bonds. The maximum atomic E-state index is 13.9. The van der Waals surface area contributed by atoms with Crippen molar-refractivity contribution in [3.8, 4) is 0 Å². The lowest BCUT2D eigenvalue weighted by Crippen LogP contribution is -2.36. The first-order valence-corrected chi connectivity index (χ1v) is 11.6. The molecule has 0 saturated carbocycles. The van der Waals surface area contributed by atoms with Crippen LogP contribution < -0.4 is 4.90 Å². The van der Waals surface area contributed by atoms with Crippen molar-refractivity contribution in [2.24, 2.45) is 0 Å². The molecule has 1 aliphatic rings. The van der Waals surface area contributed by atoms with E-state index >= 15 is 0 Å². The van der Waals surface area contributed by atoms with Crippen LogP contribution in [0.1, 0.15) is 36.1 Å². The molecule has 1 aromatic heterocycles. The normalized spacial score (nSPS) is 14.8. The van der Waals surface area contributed by atoms with E-state index in [1.165, 1.54) is 18.3 Å². The summed E-state index contributed by atoms with van der Waals surface area (Å²) in [6.45, 7) is 3.52. The first-order valence-electron chi connectivity index (χ1n) is 10.8. The second-order valence-electron chi connectivity index (χ2n) is 8.07. The fourth-order valence-electron chi connectivity index (χ4n) is 4.28. The molecule has 0 saturated heterocycles. The van der Waals surface area contributed by atoms with Crippen molar-refractivity contribution in [1.82, 2.24) is 9.88 Å². The minimum Gasteiger partial charge on any atom is -0.311 e. The lowest BCUT2D eigenvalue weighted by molar-refractivity contribution is -0.129. The number of carbonyl (C=O) groups is 2. The second-order valence-corrected chi connectivity index (χ2v) is 9.08. The fourth-order valence-corrected chi connectivity index (χ4v) is 5.28. The van der Waals surface area contributed by atoms with Gasteiger partial charge in [-0.15, -0.1) is 0 Å². The molecule has 1 unspecified atom stereocenters. The molecule has 2 heterocycles. The molecule has 5 rings (SSSR count). The van der Waals surface area contributed by atoms with Crippen molar-refractivity contribution in [2.75, 3.05) is 4.90 Å². The predicted octanol–water partition coefficient (Wildman–Crippen LogP) is 6.23. The van der Waals surface area contributed by atoms with Gasteiger partial charge in [0.05, 0.1) is 28.4 Å². The molecule has 0 fully saturated rings. The largest absolute Gasteiger partial charge is 0.311 e. The van der Waals surface area contributed by atoms with Crippen molar-refractivity contribution in [3.63, 3.8) is 0 Å². The number of aromatic nitrogens is 1. The third kappa shape index (κ3) is 3.94. The van der Waals surface area contributed by atoms with E-state index in [1.54, 1.807) is 16.0 Å². The lowest BCUT2D eigenvalue weighted by Gasteiger charge is -2.33. The van der Waals surface area contributed by atoms with E-state index in [4.69, 9.17) is 4.98 Å². The average Bonchev–Trinajstić information content (AvgIpc) is 3.24. The van der Waals surface area contributed by atoms with Gasteiger partial charge in [0.15, 0.2) is 5.13 Å². The Labute approximate surface area is 196 Å². The van der Waals surface area contributed by atoms with E-state index in [0.29, 0.717) is 5.13 Å². The van der Waals surface area contributed by atoms with Crippen LogP contribution in [0.15, 0.2) is 79.0 Å². The number of hydrogen-bond acceptors (Lipinski definition) is 4. The Hall–Kier alpha value is -3.77. The number of carbonyl (C=O) groups excluding carboxylic acids is 2. The number of amides is 2. The maximum Gasteiger partial charge on any atom is 0.235 e. The number of benzene rings is 3. The van der Waals surface area contributed by atoms with Gasteiger partial charge in [0.2, 0.25) is 11.8 Å². The number of hydrogen-bond donors (Lipinski definition) is 0. The molecule has 0 N–H and O–H groups in total. The zero-order chi connectivity index (χ0) is 22.9. The Balaban J connectivity index is 1.58. The highest BCUT2D eigenvalue weighted by Crippen LogP contribution is 2.38. The van der Waals surface area contributed by atoms with Crippen molar-refractivity contribution in [3.05, 3.63) is 95.7 Å². The SMILES string of the molecule is CC(=O)N1C=Cc2ccccc2C1CC(=O)N(c1nc2ccccc2s1)c1ccccc1C. The summed E-state index contributed by atoms with van der Waals surface area (Å²) in [4.78, 5) is 34.5. The fraction of sp³-hybridized carbons (Fsp3) is 0.148. The van der Waals surface area contributed by atoms with Gasteiger partial charge in [-0.05, 0) is 47.9 Å². The molecule has 0 spiro atoms. The van der Waals surface area contributed by atoms with Gasteiger partial charge in [0, 0.05) is 13.1 Å². The summed E-state index contributed by atoms with van der Waals surface area (Å²) >= 11 is 1.49. The number of nitrogens with zero attached hydrogens (tertiary/aromatic N) is 3. The van der Waals surface area contributed by atoms with Crippen LogP contribution in [0.3, 0.4) is 0 Å². The second kappa shape index (κ2) is 8.64. The van der Waals surface area contributed by atoms with Crippen LogP contribution in [0.5, 0.6) is 0 Å². The number of aryl methyl sites for hydroxylation is 1. The lowest BCUT2D eigenvalue weighted by atomic mass is 9.93. The van der Waals surface area contributed by atoms with Crippen molar-refractivity contribution in [2.45, 2.75) is 26.3 Å². The standard InChI is InChI=1S/C27H23N3O2S/c1-18-9-3-7-13-23(18)30(27-28-22-12-6-8-14-25(22)33-27)26(32)17-24-21-11-5-4-10-20(21)15-16-29(24)19(2)31/h3-16,24H,17H2,1-2H3. The third-order valence-corrected chi connectivity index (χ3v) is 6.94. The Kier molecular flexibility index (Phi) is 5.52. The summed E-state index contributed by atoms with van der Waals surface area (Å²) < 4.78 is 1.02. The van der Waals surface area contributed by atoms with E-state index in [0.717, 1.165) is 32.6 Å². The van der Waals surface area contributed by atoms with Gasteiger partial charge in [-0.3, -0.25) is 14.5 Å². The number of fused-ring (bicyclic) bond motifs is 2. The summed E-state index contributed by atoms with van der Waals surface area (Å²) in [5.41, 5.74) is 4.64. The zero-order valence-corrected chi connectivity index (χ0v) is 19.3. The summed E-state index contributed by atoms with van der Waals surface area (Å²) in [5.74, 6) is -0.203. The van der Waals surface area contributed by atoms with Crippen molar-refractivity contribution < 1.29 is 9.59 Å². The van der Waals surface area contributed by atoms with E-state index in [9.17, 15) is 9.59 Å². The van der Waals surface area contributed by atoms with Crippen LogP contribution in [-0.2, 0) is 9.59 Å². The average molecular weight is 454 g/mol. The summed E-state index contributed by atoms with van der Waals surface area (Å²) in [5, 5.41) is 0.629. The smallest absolute Gasteiger partial charge is 0.235 e. The molecule has 1 atom stereocenters. The number of rotatable bonds is 4. The van der Waals surface area contributed by atoms with E-state index < -0.39 is 0 Å². The first-order chi connectivity index (χ1) is 16.0. The van der Waals surface area contributed by atoms with Gasteiger partial charge in [-0.1, -0.05) is 65.9 Å². The molecule has 5 nitrogen and oxygen atoms in total. The molecular weight excluding hydrogens is 430 g/mol. The predicted molar refractivity (Wildman–Crippen MR) is 133 cm³/mol. The van der Waals surface area contributed by atoms with Crippen LogP contribution in [0.4, 0.5) is 10.8 Å². The van der Waals surface area contributed by atoms with Gasteiger partial charge in [0.1, 0.15) is 0 Å². The highest BCUT2D eigenvalue weighted by Gasteiger charge is 2.32. The summed E-state index contributed by atoms with van der Waals surface area (Å²) in [7, 11) is 0. The van der Waals surface area contributed by atoms with Gasteiger partial charge in [-0.25, -0.2) is 4.98 Å². The quantitative estimate of drug-likeness (QED) is 0.368. The van der Waals surface area contributed by atoms with E-state index in [2.05, 4.69) is 0 Å². The molecule has 164 valence electrons. The highest BCUT2D eigenvalue weighted by molar-refractivity contribution is 7.22. The number of para-hydroxylation sites is 2. The summed E-state index contributed by atoms with van der Waals surface area (Å²) in [6.07, 6.45) is 3.84. The number of thiazole rings is 1. The Morgan fingerprint density at radius 1 is 1.00 bits per heavy atom. The minimum atomic E-state index is -0.378. The van der Waals surface area contributed by atoms with Crippen LogP contribution in [0.2, 0.25) is 0 Å². The third-order valence-electron chi connectivity index (χ3n) is 5.92. The van der Waals surface area contributed by atoms with Crippen molar-refractivity contribution >= 4 is 50.3 Å². The maximum absolute atomic E-state index is 13.9. The molecule has 0 aliphatic carbocycles. The van der Waals surface area contributed by atoms with Crippen molar-refractivity contribution in [1.29, 1.82) is 0 Å². The van der Waals surface area contributed by atoms with Gasteiger partial charge >= 0.3 is 0 Å². The van der Waals surface area contributed by atoms with Crippen LogP contribution in [0, 0.1) is 6.92 Å². The molecule has 4 aromatic rings. The van der Waals surface area contributed by atoms with E-state index in [1.807, 2.05) is 85.8 Å². The Morgan fingerprint density at radius 2 is 1.73 bits per heavy atom. The Bertz CT molecular complexity index is 1360. The minimum absolute atomic E-state index is 0.0963.